The van der Waals surface area contributed by atoms with Crippen molar-refractivity contribution in [1.29, 1.82) is 0 Å². The molecule has 0 aliphatic carbocycles. The second kappa shape index (κ2) is 10.1. The van der Waals surface area contributed by atoms with Crippen LogP contribution in [0, 0.1) is 0 Å². The van der Waals surface area contributed by atoms with Crippen LogP contribution in [0.3, 0.4) is 0 Å². The molecule has 0 atom stereocenters. The Morgan fingerprint density at radius 3 is 2.38 bits per heavy atom. The second-order valence-electron chi connectivity index (χ2n) is 7.42. The normalized spacial score (nSPS) is 14.8. The Balaban J connectivity index is 1.33. The zero-order valence-corrected chi connectivity index (χ0v) is 18.1. The third kappa shape index (κ3) is 5.43. The number of thioether (sulfide) groups is 1. The van der Waals surface area contributed by atoms with Gasteiger partial charge in [-0.15, -0.1) is 0 Å². The SMILES string of the molecule is O=C(CN1CCN(C(=O)Cn2c(SC(F)F)nc3ccccc32)CC1)Nc1ccccc1. The number of halogens is 2. The summed E-state index contributed by atoms with van der Waals surface area (Å²) in [5, 5.41) is 2.99. The highest BCUT2D eigenvalue weighted by Crippen LogP contribution is 2.28. The Morgan fingerprint density at radius 1 is 0.969 bits per heavy atom. The van der Waals surface area contributed by atoms with Gasteiger partial charge in [-0.3, -0.25) is 14.5 Å². The standard InChI is InChI=1S/C22H23F2N5O2S/c23-21(24)32-22-26-17-8-4-5-9-18(17)29(22)15-20(31)28-12-10-27(11-13-28)14-19(30)25-16-6-2-1-3-7-16/h1-9,21H,10-15H2,(H,25,30). The molecule has 3 aromatic rings. The van der Waals surface area contributed by atoms with E-state index < -0.39 is 5.76 Å². The molecule has 1 aromatic heterocycles. The third-order valence-electron chi connectivity index (χ3n) is 5.26. The van der Waals surface area contributed by atoms with Crippen LogP contribution >= 0.6 is 11.8 Å². The molecular weight excluding hydrogens is 436 g/mol. The van der Waals surface area contributed by atoms with Crippen molar-refractivity contribution >= 4 is 40.3 Å². The molecule has 2 heterocycles. The second-order valence-corrected chi connectivity index (χ2v) is 8.38. The molecule has 1 fully saturated rings. The Hall–Kier alpha value is -2.98. The minimum atomic E-state index is -2.62. The molecule has 4 rings (SSSR count). The molecule has 0 spiro atoms. The van der Waals surface area contributed by atoms with E-state index in [2.05, 4.69) is 10.3 Å². The van der Waals surface area contributed by atoms with Crippen LogP contribution in [0.15, 0.2) is 59.8 Å². The molecule has 168 valence electrons. The lowest BCUT2D eigenvalue weighted by Crippen LogP contribution is -2.51. The Labute approximate surface area is 188 Å². The van der Waals surface area contributed by atoms with E-state index >= 15 is 0 Å². The summed E-state index contributed by atoms with van der Waals surface area (Å²) >= 11 is 0.342. The maximum absolute atomic E-state index is 13.0. The number of carbonyl (C=O) groups is 2. The summed E-state index contributed by atoms with van der Waals surface area (Å²) in [4.78, 5) is 33.1. The smallest absolute Gasteiger partial charge is 0.291 e. The van der Waals surface area contributed by atoms with Crippen molar-refractivity contribution in [2.24, 2.45) is 0 Å². The fraction of sp³-hybridized carbons (Fsp3) is 0.318. The molecule has 2 aromatic carbocycles. The zero-order valence-electron chi connectivity index (χ0n) is 17.3. The molecule has 0 radical (unpaired) electrons. The third-order valence-corrected chi connectivity index (χ3v) is 5.96. The molecule has 0 bridgehead atoms. The Bertz CT molecular complexity index is 1080. The van der Waals surface area contributed by atoms with Crippen molar-refractivity contribution in [3.05, 3.63) is 54.6 Å². The number of alkyl halides is 2. The van der Waals surface area contributed by atoms with Crippen LogP contribution in [0.25, 0.3) is 11.0 Å². The molecule has 1 aliphatic rings. The lowest BCUT2D eigenvalue weighted by Gasteiger charge is -2.34. The van der Waals surface area contributed by atoms with Crippen molar-refractivity contribution in [3.8, 4) is 0 Å². The first kappa shape index (κ1) is 22.2. The average Bonchev–Trinajstić information content (AvgIpc) is 3.11. The molecule has 0 unspecified atom stereocenters. The van der Waals surface area contributed by atoms with Crippen LogP contribution in [-0.4, -0.2) is 69.6 Å². The summed E-state index contributed by atoms with van der Waals surface area (Å²) in [5.41, 5.74) is 1.98. The summed E-state index contributed by atoms with van der Waals surface area (Å²) in [7, 11) is 0. The minimum Gasteiger partial charge on any atom is -0.339 e. The first-order valence-electron chi connectivity index (χ1n) is 10.2. The van der Waals surface area contributed by atoms with Gasteiger partial charge in [-0.05, 0) is 36.0 Å². The van der Waals surface area contributed by atoms with Gasteiger partial charge in [0.15, 0.2) is 5.16 Å². The number of nitrogens with one attached hydrogen (secondary N) is 1. The van der Waals surface area contributed by atoms with Crippen LogP contribution in [0.1, 0.15) is 0 Å². The predicted octanol–water partition coefficient (Wildman–Crippen LogP) is 3.13. The van der Waals surface area contributed by atoms with Gasteiger partial charge < -0.3 is 14.8 Å². The number of hydrogen-bond donors (Lipinski definition) is 1. The molecular formula is C22H23F2N5O2S. The number of benzene rings is 2. The van der Waals surface area contributed by atoms with E-state index in [9.17, 15) is 18.4 Å². The number of carbonyl (C=O) groups excluding carboxylic acids is 2. The highest BCUT2D eigenvalue weighted by molar-refractivity contribution is 7.99. The van der Waals surface area contributed by atoms with Crippen LogP contribution < -0.4 is 5.32 Å². The van der Waals surface area contributed by atoms with Gasteiger partial charge >= 0.3 is 0 Å². The maximum Gasteiger partial charge on any atom is 0.291 e. The predicted molar refractivity (Wildman–Crippen MR) is 120 cm³/mol. The van der Waals surface area contributed by atoms with Gasteiger partial charge in [0.2, 0.25) is 11.8 Å². The number of piperazine rings is 1. The minimum absolute atomic E-state index is 0.0515. The number of anilines is 1. The number of imidazole rings is 1. The number of para-hydroxylation sites is 3. The molecule has 10 heteroatoms. The van der Waals surface area contributed by atoms with Gasteiger partial charge in [0, 0.05) is 31.9 Å². The fourth-order valence-corrected chi connectivity index (χ4v) is 4.29. The molecule has 1 saturated heterocycles. The lowest BCUT2D eigenvalue weighted by molar-refractivity contribution is -0.133. The van der Waals surface area contributed by atoms with Crippen molar-refractivity contribution in [2.45, 2.75) is 17.5 Å². The monoisotopic (exact) mass is 459 g/mol. The summed E-state index contributed by atoms with van der Waals surface area (Å²) < 4.78 is 27.5. The number of rotatable bonds is 7. The summed E-state index contributed by atoms with van der Waals surface area (Å²) in [6, 6.07) is 16.3. The number of hydrogen-bond acceptors (Lipinski definition) is 5. The maximum atomic E-state index is 13.0. The van der Waals surface area contributed by atoms with Gasteiger partial charge in [-0.2, -0.15) is 8.78 Å². The summed E-state index contributed by atoms with van der Waals surface area (Å²) in [5.74, 6) is -2.88. The van der Waals surface area contributed by atoms with E-state index in [0.29, 0.717) is 49.0 Å². The van der Waals surface area contributed by atoms with E-state index in [4.69, 9.17) is 0 Å². The Kier molecular flexibility index (Phi) is 7.01. The first-order valence-corrected chi connectivity index (χ1v) is 11.1. The summed E-state index contributed by atoms with van der Waals surface area (Å²) in [6.45, 7) is 2.28. The van der Waals surface area contributed by atoms with E-state index in [0.717, 1.165) is 5.69 Å². The fourth-order valence-electron chi connectivity index (χ4n) is 3.69. The van der Waals surface area contributed by atoms with E-state index in [1.165, 1.54) is 0 Å². The number of fused-ring (bicyclic) bond motifs is 1. The van der Waals surface area contributed by atoms with Gasteiger partial charge in [-0.25, -0.2) is 4.98 Å². The topological polar surface area (TPSA) is 70.5 Å². The summed E-state index contributed by atoms with van der Waals surface area (Å²) in [6.07, 6.45) is 0. The largest absolute Gasteiger partial charge is 0.339 e. The van der Waals surface area contributed by atoms with Gasteiger partial charge in [-0.1, -0.05) is 30.3 Å². The molecule has 0 saturated carbocycles. The van der Waals surface area contributed by atoms with Crippen LogP contribution in [0.5, 0.6) is 0 Å². The van der Waals surface area contributed by atoms with Gasteiger partial charge in [0.05, 0.1) is 17.6 Å². The van der Waals surface area contributed by atoms with E-state index in [-0.39, 0.29) is 30.1 Å². The quantitative estimate of drug-likeness (QED) is 0.550. The van der Waals surface area contributed by atoms with E-state index in [1.807, 2.05) is 35.2 Å². The molecule has 1 N–H and O–H groups in total. The number of aromatic nitrogens is 2. The molecule has 1 aliphatic heterocycles. The highest BCUT2D eigenvalue weighted by atomic mass is 32.2. The molecule has 32 heavy (non-hydrogen) atoms. The van der Waals surface area contributed by atoms with Crippen LogP contribution in [0.2, 0.25) is 0 Å². The van der Waals surface area contributed by atoms with Crippen molar-refractivity contribution in [1.82, 2.24) is 19.4 Å². The highest BCUT2D eigenvalue weighted by Gasteiger charge is 2.24. The van der Waals surface area contributed by atoms with Crippen molar-refractivity contribution in [3.63, 3.8) is 0 Å². The first-order chi connectivity index (χ1) is 15.5. The van der Waals surface area contributed by atoms with Crippen LogP contribution in [0.4, 0.5) is 14.5 Å². The number of amides is 2. The van der Waals surface area contributed by atoms with Crippen molar-refractivity contribution in [2.75, 3.05) is 38.0 Å². The van der Waals surface area contributed by atoms with E-state index in [1.54, 1.807) is 33.7 Å². The zero-order chi connectivity index (χ0) is 22.5. The average molecular weight is 460 g/mol. The van der Waals surface area contributed by atoms with Gasteiger partial charge in [0.25, 0.3) is 5.76 Å². The van der Waals surface area contributed by atoms with Crippen LogP contribution in [-0.2, 0) is 16.1 Å². The lowest BCUT2D eigenvalue weighted by atomic mass is 10.3. The Morgan fingerprint density at radius 2 is 1.66 bits per heavy atom. The van der Waals surface area contributed by atoms with Gasteiger partial charge in [0.1, 0.15) is 6.54 Å². The number of nitrogens with zero attached hydrogens (tertiary/aromatic N) is 4. The van der Waals surface area contributed by atoms with Crippen molar-refractivity contribution < 1.29 is 18.4 Å². The molecule has 7 nitrogen and oxygen atoms in total. The molecule has 2 amide bonds.